The van der Waals surface area contributed by atoms with Crippen molar-refractivity contribution < 1.29 is 0 Å². The maximum absolute atomic E-state index is 2.46. The topological polar surface area (TPSA) is 3.24 Å². The highest BCUT2D eigenvalue weighted by Crippen LogP contribution is 2.57. The van der Waals surface area contributed by atoms with Crippen LogP contribution in [0.4, 0.5) is 17.1 Å². The predicted octanol–water partition coefficient (Wildman–Crippen LogP) is 17.3. The van der Waals surface area contributed by atoms with E-state index in [-0.39, 0.29) is 0 Å². The number of nitrogens with zero attached hydrogens (tertiary/aromatic N) is 1. The Morgan fingerprint density at radius 1 is 0.242 bits per heavy atom. The predicted molar refractivity (Wildman–Crippen MR) is 278 cm³/mol. The first-order valence-electron chi connectivity index (χ1n) is 22.8. The molecule has 1 aliphatic rings. The van der Waals surface area contributed by atoms with Crippen LogP contribution in [0.25, 0.3) is 66.4 Å². The third kappa shape index (κ3) is 6.73. The number of rotatable bonds is 9. The largest absolute Gasteiger partial charge is 0.310 e. The summed E-state index contributed by atoms with van der Waals surface area (Å²) >= 11 is 0. The molecule has 0 fully saturated rings. The molecule has 1 heteroatoms. The van der Waals surface area contributed by atoms with Crippen LogP contribution in [0.3, 0.4) is 0 Å². The van der Waals surface area contributed by atoms with Crippen LogP contribution in [-0.4, -0.2) is 0 Å². The van der Waals surface area contributed by atoms with Gasteiger partial charge in [0.15, 0.2) is 0 Å². The first kappa shape index (κ1) is 39.1. The van der Waals surface area contributed by atoms with Gasteiger partial charge in [-0.15, -0.1) is 0 Å². The third-order valence-corrected chi connectivity index (χ3v) is 13.6. The number of fused-ring (bicyclic) bond motifs is 4. The SMILES string of the molecule is c1ccc(-c2ccccc2N(c2ccc(-c3ccc(-c4cccc(-c5ccc6ccccc6c5)c4)cc3)cc2)c2ccc3c(c2)C(c2ccccc2)(c2ccccc2)c2ccccc2-3)cc1. The Morgan fingerprint density at radius 2 is 0.712 bits per heavy atom. The second-order valence-electron chi connectivity index (χ2n) is 17.2. The Hall–Kier alpha value is -8.52. The van der Waals surface area contributed by atoms with Crippen molar-refractivity contribution in [2.75, 3.05) is 4.90 Å². The first-order valence-corrected chi connectivity index (χ1v) is 22.8. The van der Waals surface area contributed by atoms with E-state index in [0.717, 1.165) is 17.1 Å². The van der Waals surface area contributed by atoms with E-state index in [1.165, 1.54) is 88.7 Å². The highest BCUT2D eigenvalue weighted by molar-refractivity contribution is 5.93. The summed E-state index contributed by atoms with van der Waals surface area (Å²) in [5, 5.41) is 2.51. The maximum Gasteiger partial charge on any atom is 0.0714 e. The molecule has 0 aliphatic heterocycles. The Balaban J connectivity index is 0.954. The van der Waals surface area contributed by atoms with Crippen LogP contribution in [0, 0.1) is 0 Å². The van der Waals surface area contributed by atoms with Crippen molar-refractivity contribution in [1.82, 2.24) is 0 Å². The molecule has 66 heavy (non-hydrogen) atoms. The molecule has 0 N–H and O–H groups in total. The summed E-state index contributed by atoms with van der Waals surface area (Å²) in [5.41, 5.74) is 20.0. The quantitative estimate of drug-likeness (QED) is 0.140. The molecule has 0 radical (unpaired) electrons. The number of hydrogen-bond acceptors (Lipinski definition) is 1. The lowest BCUT2D eigenvalue weighted by Gasteiger charge is -2.35. The third-order valence-electron chi connectivity index (χ3n) is 13.6. The van der Waals surface area contributed by atoms with E-state index in [0.29, 0.717) is 0 Å². The molecule has 0 heterocycles. The molecule has 1 aliphatic carbocycles. The van der Waals surface area contributed by atoms with Crippen LogP contribution in [0.15, 0.2) is 273 Å². The van der Waals surface area contributed by atoms with E-state index in [9.17, 15) is 0 Å². The minimum Gasteiger partial charge on any atom is -0.310 e. The Kier molecular flexibility index (Phi) is 9.81. The number of para-hydroxylation sites is 1. The lowest BCUT2D eigenvalue weighted by Crippen LogP contribution is -2.28. The van der Waals surface area contributed by atoms with Crippen LogP contribution in [-0.2, 0) is 5.41 Å². The summed E-state index contributed by atoms with van der Waals surface area (Å²) in [6, 6.07) is 100.0. The second kappa shape index (κ2) is 16.6. The van der Waals surface area contributed by atoms with Crippen LogP contribution >= 0.6 is 0 Å². The molecule has 0 aromatic heterocycles. The van der Waals surface area contributed by atoms with Crippen molar-refractivity contribution in [1.29, 1.82) is 0 Å². The molecular weight excluding hydrogens is 795 g/mol. The van der Waals surface area contributed by atoms with E-state index in [1.807, 2.05) is 0 Å². The molecular formula is C65H45N. The van der Waals surface area contributed by atoms with Gasteiger partial charge in [-0.3, -0.25) is 0 Å². The van der Waals surface area contributed by atoms with Gasteiger partial charge >= 0.3 is 0 Å². The van der Waals surface area contributed by atoms with Gasteiger partial charge in [0.25, 0.3) is 0 Å². The molecule has 0 saturated carbocycles. The van der Waals surface area contributed by atoms with Crippen molar-refractivity contribution >= 4 is 27.8 Å². The zero-order valence-corrected chi connectivity index (χ0v) is 36.4. The highest BCUT2D eigenvalue weighted by Gasteiger charge is 2.46. The lowest BCUT2D eigenvalue weighted by molar-refractivity contribution is 0.768. The molecule has 11 aromatic rings. The van der Waals surface area contributed by atoms with Crippen LogP contribution in [0.2, 0.25) is 0 Å². The molecule has 0 saturated heterocycles. The molecule has 0 bridgehead atoms. The summed E-state index contributed by atoms with van der Waals surface area (Å²) in [6.07, 6.45) is 0. The molecule has 310 valence electrons. The fourth-order valence-corrected chi connectivity index (χ4v) is 10.4. The van der Waals surface area contributed by atoms with Gasteiger partial charge in [-0.25, -0.2) is 0 Å². The Morgan fingerprint density at radius 3 is 1.41 bits per heavy atom. The van der Waals surface area contributed by atoms with E-state index in [2.05, 4.69) is 278 Å². The molecule has 0 unspecified atom stereocenters. The van der Waals surface area contributed by atoms with Gasteiger partial charge in [0.1, 0.15) is 0 Å². The zero-order chi connectivity index (χ0) is 43.9. The molecule has 12 rings (SSSR count). The molecule has 11 aromatic carbocycles. The van der Waals surface area contributed by atoms with Gasteiger partial charge < -0.3 is 4.90 Å². The normalized spacial score (nSPS) is 12.4. The van der Waals surface area contributed by atoms with Crippen LogP contribution in [0.5, 0.6) is 0 Å². The van der Waals surface area contributed by atoms with Gasteiger partial charge in [0, 0.05) is 16.9 Å². The Bertz CT molecular complexity index is 3460. The van der Waals surface area contributed by atoms with Crippen molar-refractivity contribution in [3.63, 3.8) is 0 Å². The number of benzene rings is 11. The average molecular weight is 840 g/mol. The lowest BCUT2D eigenvalue weighted by atomic mass is 9.67. The van der Waals surface area contributed by atoms with E-state index in [1.54, 1.807) is 0 Å². The summed E-state index contributed by atoms with van der Waals surface area (Å²) in [4.78, 5) is 2.45. The summed E-state index contributed by atoms with van der Waals surface area (Å²) < 4.78 is 0. The smallest absolute Gasteiger partial charge is 0.0714 e. The number of anilines is 3. The highest BCUT2D eigenvalue weighted by atomic mass is 15.1. The maximum atomic E-state index is 2.46. The van der Waals surface area contributed by atoms with Crippen LogP contribution < -0.4 is 4.90 Å². The van der Waals surface area contributed by atoms with Crippen molar-refractivity contribution in [2.45, 2.75) is 5.41 Å². The Labute approximate surface area is 387 Å². The summed E-state index contributed by atoms with van der Waals surface area (Å²) in [7, 11) is 0. The van der Waals surface area contributed by atoms with E-state index in [4.69, 9.17) is 0 Å². The molecule has 0 amide bonds. The molecule has 0 spiro atoms. The minimum atomic E-state index is -0.511. The fraction of sp³-hybridized carbons (Fsp3) is 0.0154. The minimum absolute atomic E-state index is 0.511. The second-order valence-corrected chi connectivity index (χ2v) is 17.2. The zero-order valence-electron chi connectivity index (χ0n) is 36.4. The van der Waals surface area contributed by atoms with Crippen molar-refractivity contribution in [3.8, 4) is 55.6 Å². The summed E-state index contributed by atoms with van der Waals surface area (Å²) in [6.45, 7) is 0. The van der Waals surface area contributed by atoms with Gasteiger partial charge in [-0.2, -0.15) is 0 Å². The van der Waals surface area contributed by atoms with E-state index < -0.39 is 5.41 Å². The summed E-state index contributed by atoms with van der Waals surface area (Å²) in [5.74, 6) is 0. The van der Waals surface area contributed by atoms with E-state index >= 15 is 0 Å². The van der Waals surface area contributed by atoms with Gasteiger partial charge in [0.05, 0.1) is 11.1 Å². The van der Waals surface area contributed by atoms with Gasteiger partial charge in [0.2, 0.25) is 0 Å². The van der Waals surface area contributed by atoms with Gasteiger partial charge in [-0.1, -0.05) is 231 Å². The van der Waals surface area contributed by atoms with Crippen molar-refractivity contribution in [3.05, 3.63) is 295 Å². The first-order chi connectivity index (χ1) is 32.7. The van der Waals surface area contributed by atoms with Crippen LogP contribution in [0.1, 0.15) is 22.3 Å². The molecule has 1 nitrogen and oxygen atoms in total. The van der Waals surface area contributed by atoms with Crippen molar-refractivity contribution in [2.24, 2.45) is 0 Å². The average Bonchev–Trinajstić information content (AvgIpc) is 3.70. The fourth-order valence-electron chi connectivity index (χ4n) is 10.4. The number of hydrogen-bond donors (Lipinski definition) is 0. The molecule has 0 atom stereocenters. The monoisotopic (exact) mass is 839 g/mol. The standard InChI is InChI=1S/C65H45N/c1-4-18-50(19-5-1)59-27-13-15-30-64(59)66(58-41-42-61-60-28-12-14-29-62(60)65(63(61)45-58,55-23-6-2-7-24-55)56-25-8-3-9-26-56)57-39-37-48(38-40-57)47-31-33-49(34-32-47)52-21-16-22-53(43-52)54-36-35-46-17-10-11-20-51(46)44-54/h1-45H. The van der Waals surface area contributed by atoms with Gasteiger partial charge in [-0.05, 0) is 126 Å².